The normalized spacial score (nSPS) is 10.7. The van der Waals surface area contributed by atoms with Crippen molar-refractivity contribution < 1.29 is 18.1 Å². The van der Waals surface area contributed by atoms with E-state index in [1.807, 2.05) is 0 Å². The van der Waals surface area contributed by atoms with Gasteiger partial charge in [-0.3, -0.25) is 10.1 Å². The number of hydrogen-bond acceptors (Lipinski definition) is 4. The van der Waals surface area contributed by atoms with Gasteiger partial charge in [0.2, 0.25) is 0 Å². The van der Waals surface area contributed by atoms with Crippen molar-refractivity contribution in [2.75, 3.05) is 0 Å². The molecule has 0 spiro atoms. The molecule has 1 rings (SSSR count). The van der Waals surface area contributed by atoms with Crippen LogP contribution in [0.15, 0.2) is 23.2 Å². The van der Waals surface area contributed by atoms with Crippen molar-refractivity contribution in [2.45, 2.75) is 6.18 Å². The van der Waals surface area contributed by atoms with Gasteiger partial charge < -0.3 is 0 Å². The molecule has 1 aromatic carbocycles. The third-order valence-electron chi connectivity index (χ3n) is 1.66. The largest absolute Gasteiger partial charge is 0.418 e. The Kier molecular flexibility index (Phi) is 3.36. The van der Waals surface area contributed by atoms with Crippen molar-refractivity contribution in [3.05, 3.63) is 33.9 Å². The third-order valence-corrected chi connectivity index (χ3v) is 1.75. The number of nitro groups is 1. The molecular weight excluding hydrogens is 245 g/mol. The summed E-state index contributed by atoms with van der Waals surface area (Å²) in [5, 5.41) is 12.1. The number of halogens is 3. The Morgan fingerprint density at radius 1 is 1.44 bits per heavy atom. The van der Waals surface area contributed by atoms with Gasteiger partial charge in [0.25, 0.3) is 5.69 Å². The quantitative estimate of drug-likeness (QED) is 0.349. The van der Waals surface area contributed by atoms with Crippen LogP contribution in [0.5, 0.6) is 0 Å². The molecule has 0 amide bonds. The number of nitro benzene ring substituents is 1. The van der Waals surface area contributed by atoms with Crippen molar-refractivity contribution in [2.24, 2.45) is 4.99 Å². The topological polar surface area (TPSA) is 55.5 Å². The molecular formula is C8H3F3N2O2S. The smallest absolute Gasteiger partial charge is 0.258 e. The Labute approximate surface area is 92.6 Å². The molecule has 8 heteroatoms. The Balaban J connectivity index is 3.44. The molecule has 0 atom stereocenters. The van der Waals surface area contributed by atoms with E-state index >= 15 is 0 Å². The van der Waals surface area contributed by atoms with Crippen LogP contribution in [0.1, 0.15) is 5.56 Å². The minimum Gasteiger partial charge on any atom is -0.258 e. The molecule has 0 N–H and O–H groups in total. The summed E-state index contributed by atoms with van der Waals surface area (Å²) in [7, 11) is 0. The molecule has 0 aliphatic carbocycles. The highest BCUT2D eigenvalue weighted by atomic mass is 32.1. The Bertz CT molecular complexity index is 481. The van der Waals surface area contributed by atoms with Crippen LogP contribution in [-0.4, -0.2) is 10.1 Å². The third kappa shape index (κ3) is 2.62. The summed E-state index contributed by atoms with van der Waals surface area (Å²) in [6.45, 7) is 0. The van der Waals surface area contributed by atoms with E-state index in [0.717, 1.165) is 12.1 Å². The van der Waals surface area contributed by atoms with Gasteiger partial charge in [0.15, 0.2) is 0 Å². The fourth-order valence-electron chi connectivity index (χ4n) is 1.01. The summed E-state index contributed by atoms with van der Waals surface area (Å²) in [5.74, 6) is 0. The minimum absolute atomic E-state index is 0.408. The SMILES string of the molecule is O=[N+]([O-])c1ccc(N=C=S)c(C(F)(F)F)c1. The standard InChI is InChI=1S/C8H3F3N2O2S/c9-8(10,11)6-3-5(13(14)15)1-2-7(6)12-4-16/h1-3H. The number of rotatable bonds is 2. The van der Waals surface area contributed by atoms with Crippen LogP contribution in [0.25, 0.3) is 0 Å². The molecule has 0 heterocycles. The summed E-state index contributed by atoms with van der Waals surface area (Å²) < 4.78 is 37.4. The first kappa shape index (κ1) is 12.3. The Morgan fingerprint density at radius 2 is 2.06 bits per heavy atom. The van der Waals surface area contributed by atoms with E-state index in [0.29, 0.717) is 6.07 Å². The second-order valence-corrected chi connectivity index (χ2v) is 2.84. The summed E-state index contributed by atoms with van der Waals surface area (Å²) in [6, 6.07) is 2.20. The van der Waals surface area contributed by atoms with Crippen molar-refractivity contribution in [1.82, 2.24) is 0 Å². The highest BCUT2D eigenvalue weighted by molar-refractivity contribution is 7.78. The van der Waals surface area contributed by atoms with Gasteiger partial charge >= 0.3 is 6.18 Å². The number of nitrogens with zero attached hydrogens (tertiary/aromatic N) is 2. The second-order valence-electron chi connectivity index (χ2n) is 2.66. The van der Waals surface area contributed by atoms with Gasteiger partial charge in [0.05, 0.1) is 21.3 Å². The Morgan fingerprint density at radius 3 is 2.50 bits per heavy atom. The number of isothiocyanates is 1. The molecule has 84 valence electrons. The van der Waals surface area contributed by atoms with E-state index in [1.165, 1.54) is 0 Å². The minimum atomic E-state index is -4.73. The average molecular weight is 248 g/mol. The van der Waals surface area contributed by atoms with Crippen LogP contribution >= 0.6 is 12.2 Å². The van der Waals surface area contributed by atoms with E-state index < -0.39 is 28.0 Å². The lowest BCUT2D eigenvalue weighted by molar-refractivity contribution is -0.385. The molecule has 0 fully saturated rings. The number of thiocarbonyl (C=S) groups is 1. The maximum absolute atomic E-state index is 12.5. The molecule has 0 unspecified atom stereocenters. The van der Waals surface area contributed by atoms with E-state index in [-0.39, 0.29) is 0 Å². The van der Waals surface area contributed by atoms with Crippen molar-refractivity contribution in [1.29, 1.82) is 0 Å². The lowest BCUT2D eigenvalue weighted by atomic mass is 10.1. The summed E-state index contributed by atoms with van der Waals surface area (Å²) >= 11 is 4.18. The number of benzene rings is 1. The van der Waals surface area contributed by atoms with Crippen molar-refractivity contribution in [3.63, 3.8) is 0 Å². The molecule has 16 heavy (non-hydrogen) atoms. The van der Waals surface area contributed by atoms with E-state index in [4.69, 9.17) is 0 Å². The van der Waals surface area contributed by atoms with Crippen LogP contribution in [0, 0.1) is 10.1 Å². The highest BCUT2D eigenvalue weighted by Gasteiger charge is 2.35. The van der Waals surface area contributed by atoms with Gasteiger partial charge in [0, 0.05) is 12.1 Å². The summed E-state index contributed by atoms with van der Waals surface area (Å²) in [6.07, 6.45) is -4.73. The van der Waals surface area contributed by atoms with Gasteiger partial charge in [0.1, 0.15) is 0 Å². The number of aliphatic imine (C=N–C) groups is 1. The maximum atomic E-state index is 12.5. The van der Waals surface area contributed by atoms with Crippen LogP contribution in [0.2, 0.25) is 0 Å². The van der Waals surface area contributed by atoms with E-state index in [1.54, 1.807) is 5.16 Å². The molecule has 0 aliphatic heterocycles. The lowest BCUT2D eigenvalue weighted by Gasteiger charge is -2.08. The molecule has 1 aromatic rings. The predicted molar refractivity (Wildman–Crippen MR) is 52.8 cm³/mol. The number of non-ortho nitro benzene ring substituents is 1. The predicted octanol–water partition coefficient (Wildman–Crippen LogP) is 3.35. The number of hydrogen-bond donors (Lipinski definition) is 0. The first-order valence-corrected chi connectivity index (χ1v) is 4.20. The molecule has 0 radical (unpaired) electrons. The molecule has 0 bridgehead atoms. The van der Waals surface area contributed by atoms with Gasteiger partial charge in [-0.25, -0.2) is 0 Å². The fraction of sp³-hybridized carbons (Fsp3) is 0.125. The van der Waals surface area contributed by atoms with Crippen molar-refractivity contribution in [3.8, 4) is 0 Å². The zero-order chi connectivity index (χ0) is 12.3. The summed E-state index contributed by atoms with van der Waals surface area (Å²) in [5.41, 5.74) is -2.36. The zero-order valence-corrected chi connectivity index (χ0v) is 8.30. The van der Waals surface area contributed by atoms with Gasteiger partial charge in [-0.1, -0.05) is 0 Å². The number of alkyl halides is 3. The highest BCUT2D eigenvalue weighted by Crippen LogP contribution is 2.38. The van der Waals surface area contributed by atoms with Crippen LogP contribution in [0.3, 0.4) is 0 Å². The molecule has 0 saturated heterocycles. The van der Waals surface area contributed by atoms with Crippen LogP contribution < -0.4 is 0 Å². The molecule has 4 nitrogen and oxygen atoms in total. The van der Waals surface area contributed by atoms with Crippen LogP contribution in [-0.2, 0) is 6.18 Å². The van der Waals surface area contributed by atoms with Gasteiger partial charge in [-0.2, -0.15) is 18.2 Å². The second kappa shape index (κ2) is 4.38. The van der Waals surface area contributed by atoms with Gasteiger partial charge in [-0.05, 0) is 18.3 Å². The molecule has 0 saturated carbocycles. The summed E-state index contributed by atoms with van der Waals surface area (Å²) in [4.78, 5) is 12.6. The lowest BCUT2D eigenvalue weighted by Crippen LogP contribution is -2.06. The molecule has 0 aromatic heterocycles. The Hall–Kier alpha value is -1.79. The maximum Gasteiger partial charge on any atom is 0.418 e. The van der Waals surface area contributed by atoms with Gasteiger partial charge in [-0.15, -0.1) is 0 Å². The monoisotopic (exact) mass is 248 g/mol. The zero-order valence-electron chi connectivity index (χ0n) is 7.49. The van der Waals surface area contributed by atoms with Crippen molar-refractivity contribution >= 4 is 28.8 Å². The first-order valence-electron chi connectivity index (χ1n) is 3.80. The van der Waals surface area contributed by atoms with Crippen LogP contribution in [0.4, 0.5) is 24.5 Å². The average Bonchev–Trinajstić information content (AvgIpc) is 2.16. The first-order chi connectivity index (χ1) is 7.36. The van der Waals surface area contributed by atoms with E-state index in [9.17, 15) is 23.3 Å². The fourth-order valence-corrected chi connectivity index (χ4v) is 1.11. The van der Waals surface area contributed by atoms with E-state index in [2.05, 4.69) is 17.2 Å². The molecule has 0 aliphatic rings.